The number of hydrogen-bond acceptors (Lipinski definition) is 4. The zero-order valence-electron chi connectivity index (χ0n) is 22.5. The van der Waals surface area contributed by atoms with Crippen LogP contribution in [0, 0.1) is 0 Å². The molecule has 41 heavy (non-hydrogen) atoms. The molecule has 5 nitrogen and oxygen atoms in total. The number of aryl methyl sites for hydroxylation is 1. The molecule has 0 aliphatic rings. The van der Waals surface area contributed by atoms with E-state index in [2.05, 4.69) is 4.98 Å². The number of aliphatic carboxylic acids is 1. The average Bonchev–Trinajstić information content (AvgIpc) is 2.99. The Morgan fingerprint density at radius 1 is 0.805 bits per heavy atom. The average molecular weight is 564 g/mol. The van der Waals surface area contributed by atoms with E-state index in [-0.39, 0.29) is 6.42 Å². The van der Waals surface area contributed by atoms with Gasteiger partial charge in [-0.3, -0.25) is 4.79 Å². The number of hydrogen-bond donors (Lipinski definition) is 1. The van der Waals surface area contributed by atoms with Crippen LogP contribution in [0.5, 0.6) is 11.5 Å². The van der Waals surface area contributed by atoms with Gasteiger partial charge in [0.2, 0.25) is 0 Å². The smallest absolute Gasteiger partial charge is 0.303 e. The summed E-state index contributed by atoms with van der Waals surface area (Å²) in [4.78, 5) is 15.7. The number of fused-ring (bicyclic) bond motifs is 1. The number of benzene rings is 4. The minimum absolute atomic E-state index is 0.101. The molecule has 4 aromatic carbocycles. The number of carboxylic acid groups (broad SMARTS) is 1. The first-order chi connectivity index (χ1) is 20.0. The van der Waals surface area contributed by atoms with Gasteiger partial charge in [0, 0.05) is 23.3 Å². The van der Waals surface area contributed by atoms with Crippen molar-refractivity contribution in [2.75, 3.05) is 13.2 Å². The lowest BCUT2D eigenvalue weighted by Crippen LogP contribution is -2.05. The van der Waals surface area contributed by atoms with Gasteiger partial charge in [0.1, 0.15) is 11.5 Å². The molecule has 206 valence electrons. The molecule has 0 saturated heterocycles. The molecule has 0 aliphatic carbocycles. The number of halogens is 1. The van der Waals surface area contributed by atoms with E-state index in [1.165, 1.54) is 0 Å². The molecule has 0 unspecified atom stereocenters. The molecule has 0 aliphatic heterocycles. The maximum atomic E-state index is 11.0. The summed E-state index contributed by atoms with van der Waals surface area (Å²) in [5, 5.41) is 10.8. The summed E-state index contributed by atoms with van der Waals surface area (Å²) in [5.74, 6) is 0.768. The van der Waals surface area contributed by atoms with Crippen LogP contribution in [0.15, 0.2) is 103 Å². The van der Waals surface area contributed by atoms with Crippen LogP contribution in [0.2, 0.25) is 5.02 Å². The van der Waals surface area contributed by atoms with Crippen molar-refractivity contribution in [3.05, 3.63) is 125 Å². The normalized spacial score (nSPS) is 11.1. The summed E-state index contributed by atoms with van der Waals surface area (Å²) in [5.41, 5.74) is 5.79. The molecule has 1 N–H and O–H groups in total. The fourth-order valence-electron chi connectivity index (χ4n) is 4.54. The first-order valence-corrected chi connectivity index (χ1v) is 13.9. The Morgan fingerprint density at radius 2 is 1.56 bits per heavy atom. The van der Waals surface area contributed by atoms with E-state index < -0.39 is 5.97 Å². The molecule has 1 aromatic heterocycles. The second kappa shape index (κ2) is 13.6. The van der Waals surface area contributed by atoms with Gasteiger partial charge in [-0.15, -0.1) is 0 Å². The number of pyridine rings is 1. The fraction of sp³-hybridized carbons (Fsp3) is 0.143. The second-order valence-electron chi connectivity index (χ2n) is 9.61. The first-order valence-electron chi connectivity index (χ1n) is 13.5. The summed E-state index contributed by atoms with van der Waals surface area (Å²) in [6.07, 6.45) is 5.31. The number of carboxylic acids is 1. The number of aromatic nitrogens is 1. The van der Waals surface area contributed by atoms with Gasteiger partial charge in [-0.2, -0.15) is 0 Å². The van der Waals surface area contributed by atoms with Gasteiger partial charge in [0.05, 0.1) is 24.4 Å². The lowest BCUT2D eigenvalue weighted by molar-refractivity contribution is -0.136. The van der Waals surface area contributed by atoms with Crippen LogP contribution in [-0.4, -0.2) is 29.3 Å². The highest BCUT2D eigenvalue weighted by Gasteiger charge is 2.08. The topological polar surface area (TPSA) is 68.7 Å². The molecule has 1 heterocycles. The maximum Gasteiger partial charge on any atom is 0.303 e. The fourth-order valence-corrected chi connectivity index (χ4v) is 4.71. The Kier molecular flexibility index (Phi) is 9.30. The van der Waals surface area contributed by atoms with Gasteiger partial charge in [-0.25, -0.2) is 4.98 Å². The predicted molar refractivity (Wildman–Crippen MR) is 166 cm³/mol. The van der Waals surface area contributed by atoms with Crippen LogP contribution >= 0.6 is 11.6 Å². The Hall–Kier alpha value is -4.61. The van der Waals surface area contributed by atoms with Crippen molar-refractivity contribution < 1.29 is 19.4 Å². The number of nitrogens with zero attached hydrogens (tertiary/aromatic N) is 1. The van der Waals surface area contributed by atoms with Crippen LogP contribution in [0.4, 0.5) is 0 Å². The minimum Gasteiger partial charge on any atom is -0.493 e. The summed E-state index contributed by atoms with van der Waals surface area (Å²) < 4.78 is 12.0. The molecule has 5 rings (SSSR count). The third kappa shape index (κ3) is 7.96. The monoisotopic (exact) mass is 563 g/mol. The predicted octanol–water partition coefficient (Wildman–Crippen LogP) is 8.59. The molecular formula is C35H30ClNO4. The molecule has 0 saturated carbocycles. The minimum atomic E-state index is -0.799. The Balaban J connectivity index is 1.12. The van der Waals surface area contributed by atoms with Gasteiger partial charge in [-0.1, -0.05) is 78.3 Å². The van der Waals surface area contributed by atoms with Crippen LogP contribution in [0.25, 0.3) is 34.2 Å². The van der Waals surface area contributed by atoms with Crippen LogP contribution < -0.4 is 9.47 Å². The quantitative estimate of drug-likeness (QED) is 0.154. The zero-order valence-corrected chi connectivity index (χ0v) is 23.3. The lowest BCUT2D eigenvalue weighted by atomic mass is 9.96. The molecular weight excluding hydrogens is 534 g/mol. The highest BCUT2D eigenvalue weighted by Crippen LogP contribution is 2.28. The molecule has 0 spiro atoms. The Morgan fingerprint density at radius 3 is 2.39 bits per heavy atom. The van der Waals surface area contributed by atoms with Crippen molar-refractivity contribution in [2.24, 2.45) is 0 Å². The van der Waals surface area contributed by atoms with Crippen LogP contribution in [0.3, 0.4) is 0 Å². The van der Waals surface area contributed by atoms with Crippen molar-refractivity contribution in [1.29, 1.82) is 0 Å². The van der Waals surface area contributed by atoms with Crippen molar-refractivity contribution >= 4 is 40.6 Å². The van der Waals surface area contributed by atoms with E-state index in [9.17, 15) is 4.79 Å². The summed E-state index contributed by atoms with van der Waals surface area (Å²) in [7, 11) is 0. The molecule has 0 atom stereocenters. The highest BCUT2D eigenvalue weighted by molar-refractivity contribution is 6.31. The van der Waals surface area contributed by atoms with Gasteiger partial charge < -0.3 is 14.6 Å². The van der Waals surface area contributed by atoms with Gasteiger partial charge in [0.25, 0.3) is 0 Å². The lowest BCUT2D eigenvalue weighted by Gasteiger charge is -2.12. The summed E-state index contributed by atoms with van der Waals surface area (Å²) in [6.45, 7) is 1.04. The van der Waals surface area contributed by atoms with E-state index in [1.54, 1.807) is 0 Å². The van der Waals surface area contributed by atoms with E-state index >= 15 is 0 Å². The van der Waals surface area contributed by atoms with Gasteiger partial charge in [-0.05, 0) is 77.2 Å². The third-order valence-corrected chi connectivity index (χ3v) is 6.81. The standard InChI is InChI=1S/C35H30ClNO4/c36-29-16-13-27-14-18-30(37-34(27)24-29)17-12-25-6-3-9-31(22-25)40-20-5-21-41-32-10-4-8-28(23-32)33-11-2-1-7-26(33)15-19-35(38)39/h1-4,6-14,16-18,22-24H,5,15,19-21H2,(H,38,39)/b17-12+. The van der Waals surface area contributed by atoms with E-state index in [0.717, 1.165) is 56.8 Å². The number of ether oxygens (including phenoxy) is 2. The molecule has 0 fully saturated rings. The van der Waals surface area contributed by atoms with Gasteiger partial charge in [0.15, 0.2) is 0 Å². The first kappa shape index (κ1) is 27.9. The number of carbonyl (C=O) groups is 1. The summed E-state index contributed by atoms with van der Waals surface area (Å²) in [6, 6.07) is 33.5. The highest BCUT2D eigenvalue weighted by atomic mass is 35.5. The van der Waals surface area contributed by atoms with Gasteiger partial charge >= 0.3 is 5.97 Å². The zero-order chi connectivity index (χ0) is 28.4. The SMILES string of the molecule is O=C(O)CCc1ccccc1-c1cccc(OCCCOc2cccc(/C=C/c3ccc4ccc(Cl)cc4n3)c2)c1. The van der Waals surface area contributed by atoms with Crippen molar-refractivity contribution in [2.45, 2.75) is 19.3 Å². The van der Waals surface area contributed by atoms with Crippen molar-refractivity contribution in [3.8, 4) is 22.6 Å². The number of rotatable bonds is 12. The van der Waals surface area contributed by atoms with Crippen LogP contribution in [-0.2, 0) is 11.2 Å². The van der Waals surface area contributed by atoms with Crippen molar-refractivity contribution in [3.63, 3.8) is 0 Å². The van der Waals surface area contributed by atoms with Crippen LogP contribution in [0.1, 0.15) is 29.7 Å². The molecule has 0 amide bonds. The largest absolute Gasteiger partial charge is 0.493 e. The summed E-state index contributed by atoms with van der Waals surface area (Å²) >= 11 is 6.11. The van der Waals surface area contributed by atoms with E-state index in [0.29, 0.717) is 24.7 Å². The second-order valence-corrected chi connectivity index (χ2v) is 10.0. The molecule has 0 radical (unpaired) electrons. The van der Waals surface area contributed by atoms with Crippen molar-refractivity contribution in [1.82, 2.24) is 4.98 Å². The molecule has 6 heteroatoms. The molecule has 5 aromatic rings. The van der Waals surface area contributed by atoms with E-state index in [1.807, 2.05) is 115 Å². The Bertz CT molecular complexity index is 1680. The third-order valence-electron chi connectivity index (χ3n) is 6.58. The maximum absolute atomic E-state index is 11.0. The van der Waals surface area contributed by atoms with E-state index in [4.69, 9.17) is 26.2 Å². The molecule has 0 bridgehead atoms. The Labute approximate surface area is 244 Å².